The van der Waals surface area contributed by atoms with Gasteiger partial charge in [-0.3, -0.25) is 4.90 Å². The summed E-state index contributed by atoms with van der Waals surface area (Å²) in [4.78, 5) is 4.66. The van der Waals surface area contributed by atoms with E-state index in [0.717, 1.165) is 65.1 Å². The van der Waals surface area contributed by atoms with Crippen LogP contribution in [0.25, 0.3) is 0 Å². The number of hydrogen-bond acceptors (Lipinski definition) is 5. The Kier molecular flexibility index (Phi) is 4.86. The standard InChI is InChI=1S/C16H30N2O3/c1-17-6-7-18(2)14(12-17)15(19)13-3-8-21-16(11-13)4-9-20-10-5-16/h13-15,19H,3-12H2,1-2H3. The highest BCUT2D eigenvalue weighted by Crippen LogP contribution is 2.39. The summed E-state index contributed by atoms with van der Waals surface area (Å²) >= 11 is 0. The molecule has 0 amide bonds. The highest BCUT2D eigenvalue weighted by Gasteiger charge is 2.43. The molecule has 3 heterocycles. The number of aliphatic hydroxyl groups is 1. The van der Waals surface area contributed by atoms with Crippen molar-refractivity contribution in [3.8, 4) is 0 Å². The van der Waals surface area contributed by atoms with E-state index in [9.17, 15) is 5.11 Å². The predicted molar refractivity (Wildman–Crippen MR) is 81.4 cm³/mol. The molecule has 122 valence electrons. The molecule has 0 bridgehead atoms. The van der Waals surface area contributed by atoms with Gasteiger partial charge in [-0.25, -0.2) is 0 Å². The summed E-state index contributed by atoms with van der Waals surface area (Å²) in [5, 5.41) is 10.9. The second-order valence-corrected chi connectivity index (χ2v) is 7.20. The molecular weight excluding hydrogens is 268 g/mol. The average Bonchev–Trinajstić information content (AvgIpc) is 2.50. The van der Waals surface area contributed by atoms with Gasteiger partial charge in [0.1, 0.15) is 0 Å². The van der Waals surface area contributed by atoms with Gasteiger partial charge in [0.2, 0.25) is 0 Å². The first-order valence-corrected chi connectivity index (χ1v) is 8.38. The van der Waals surface area contributed by atoms with E-state index >= 15 is 0 Å². The van der Waals surface area contributed by atoms with Crippen molar-refractivity contribution in [3.05, 3.63) is 0 Å². The second-order valence-electron chi connectivity index (χ2n) is 7.20. The molecule has 3 saturated heterocycles. The molecule has 0 aromatic heterocycles. The van der Waals surface area contributed by atoms with Crippen molar-refractivity contribution < 1.29 is 14.6 Å². The van der Waals surface area contributed by atoms with E-state index < -0.39 is 0 Å². The van der Waals surface area contributed by atoms with E-state index in [2.05, 4.69) is 23.9 Å². The summed E-state index contributed by atoms with van der Waals surface area (Å²) in [6.45, 7) is 5.48. The largest absolute Gasteiger partial charge is 0.391 e. The Labute approximate surface area is 128 Å². The van der Waals surface area contributed by atoms with Crippen molar-refractivity contribution in [2.24, 2.45) is 5.92 Å². The van der Waals surface area contributed by atoms with Gasteiger partial charge in [0.05, 0.1) is 11.7 Å². The maximum atomic E-state index is 10.9. The van der Waals surface area contributed by atoms with E-state index in [1.807, 2.05) is 0 Å². The minimum Gasteiger partial charge on any atom is -0.391 e. The van der Waals surface area contributed by atoms with Gasteiger partial charge in [0.15, 0.2) is 0 Å². The quantitative estimate of drug-likeness (QED) is 0.807. The molecule has 3 aliphatic heterocycles. The van der Waals surface area contributed by atoms with Crippen molar-refractivity contribution in [3.63, 3.8) is 0 Å². The zero-order chi connectivity index (χ0) is 14.9. The minimum absolute atomic E-state index is 0.0265. The number of hydrogen-bond donors (Lipinski definition) is 1. The fourth-order valence-corrected chi connectivity index (χ4v) is 4.18. The molecular formula is C16H30N2O3. The first-order chi connectivity index (χ1) is 10.1. The summed E-state index contributed by atoms with van der Waals surface area (Å²) in [6.07, 6.45) is 3.69. The van der Waals surface area contributed by atoms with Crippen LogP contribution in [0.2, 0.25) is 0 Å². The summed E-state index contributed by atoms with van der Waals surface area (Å²) in [5.74, 6) is 0.357. The molecule has 0 aromatic carbocycles. The lowest BCUT2D eigenvalue weighted by Gasteiger charge is -2.48. The van der Waals surface area contributed by atoms with Crippen LogP contribution in [0.5, 0.6) is 0 Å². The number of likely N-dealkylation sites (N-methyl/N-ethyl adjacent to an activating group) is 2. The summed E-state index contributed by atoms with van der Waals surface area (Å²) in [5.41, 5.74) is -0.0265. The third kappa shape index (κ3) is 3.42. The number of aliphatic hydroxyl groups excluding tert-OH is 1. The Balaban J connectivity index is 1.64. The fourth-order valence-electron chi connectivity index (χ4n) is 4.18. The van der Waals surface area contributed by atoms with Crippen molar-refractivity contribution in [1.82, 2.24) is 9.80 Å². The number of nitrogens with zero attached hydrogens (tertiary/aromatic N) is 2. The summed E-state index contributed by atoms with van der Waals surface area (Å²) in [7, 11) is 4.29. The van der Waals surface area contributed by atoms with E-state index in [-0.39, 0.29) is 17.7 Å². The zero-order valence-corrected chi connectivity index (χ0v) is 13.5. The lowest BCUT2D eigenvalue weighted by Crippen LogP contribution is -2.58. The van der Waals surface area contributed by atoms with Crippen LogP contribution in [0.4, 0.5) is 0 Å². The molecule has 3 rings (SSSR count). The van der Waals surface area contributed by atoms with Crippen LogP contribution in [-0.2, 0) is 9.47 Å². The van der Waals surface area contributed by atoms with Gasteiger partial charge in [-0.05, 0) is 45.7 Å². The molecule has 0 radical (unpaired) electrons. The third-order valence-corrected chi connectivity index (χ3v) is 5.71. The monoisotopic (exact) mass is 298 g/mol. The van der Waals surface area contributed by atoms with Crippen molar-refractivity contribution in [2.45, 2.75) is 43.4 Å². The first kappa shape index (κ1) is 15.7. The van der Waals surface area contributed by atoms with Gasteiger partial charge in [-0.1, -0.05) is 0 Å². The second kappa shape index (κ2) is 6.50. The average molecular weight is 298 g/mol. The molecule has 5 nitrogen and oxygen atoms in total. The van der Waals surface area contributed by atoms with Crippen molar-refractivity contribution in [1.29, 1.82) is 0 Å². The maximum absolute atomic E-state index is 10.9. The molecule has 3 unspecified atom stereocenters. The minimum atomic E-state index is -0.249. The van der Waals surface area contributed by atoms with E-state index in [1.54, 1.807) is 0 Å². The Morgan fingerprint density at radius 3 is 2.67 bits per heavy atom. The van der Waals surface area contributed by atoms with Crippen LogP contribution in [0, 0.1) is 5.92 Å². The van der Waals surface area contributed by atoms with Gasteiger partial charge in [0, 0.05) is 45.5 Å². The van der Waals surface area contributed by atoms with Crippen molar-refractivity contribution in [2.75, 3.05) is 53.6 Å². The highest BCUT2D eigenvalue weighted by atomic mass is 16.5. The molecule has 3 fully saturated rings. The normalized spacial score (nSPS) is 36.7. The number of piperazine rings is 1. The van der Waals surface area contributed by atoms with Gasteiger partial charge < -0.3 is 19.5 Å². The van der Waals surface area contributed by atoms with Gasteiger partial charge in [-0.2, -0.15) is 0 Å². The highest BCUT2D eigenvalue weighted by molar-refractivity contribution is 4.95. The molecule has 0 aromatic rings. The van der Waals surface area contributed by atoms with E-state index in [0.29, 0.717) is 5.92 Å². The molecule has 21 heavy (non-hydrogen) atoms. The molecule has 0 saturated carbocycles. The van der Waals surface area contributed by atoms with Crippen LogP contribution < -0.4 is 0 Å². The Morgan fingerprint density at radius 1 is 1.14 bits per heavy atom. The number of rotatable bonds is 2. The summed E-state index contributed by atoms with van der Waals surface area (Å²) in [6, 6.07) is 0.253. The van der Waals surface area contributed by atoms with Crippen LogP contribution in [-0.4, -0.2) is 86.2 Å². The van der Waals surface area contributed by atoms with E-state index in [4.69, 9.17) is 9.47 Å². The van der Waals surface area contributed by atoms with Crippen LogP contribution >= 0.6 is 0 Å². The zero-order valence-electron chi connectivity index (χ0n) is 13.5. The lowest BCUT2D eigenvalue weighted by molar-refractivity contribution is -0.164. The summed E-state index contributed by atoms with van der Waals surface area (Å²) < 4.78 is 11.6. The molecule has 0 aliphatic carbocycles. The topological polar surface area (TPSA) is 45.2 Å². The lowest BCUT2D eigenvalue weighted by atomic mass is 9.76. The van der Waals surface area contributed by atoms with Crippen LogP contribution in [0.3, 0.4) is 0 Å². The number of ether oxygens (including phenoxy) is 2. The fraction of sp³-hybridized carbons (Fsp3) is 1.00. The van der Waals surface area contributed by atoms with E-state index in [1.165, 1.54) is 0 Å². The molecule has 3 atom stereocenters. The third-order valence-electron chi connectivity index (χ3n) is 5.71. The smallest absolute Gasteiger partial charge is 0.0737 e. The Hall–Kier alpha value is -0.200. The predicted octanol–water partition coefficient (Wildman–Crippen LogP) is 0.569. The van der Waals surface area contributed by atoms with Crippen LogP contribution in [0.15, 0.2) is 0 Å². The maximum Gasteiger partial charge on any atom is 0.0737 e. The molecule has 1 N–H and O–H groups in total. The molecule has 1 spiro atoms. The van der Waals surface area contributed by atoms with Crippen LogP contribution in [0.1, 0.15) is 25.7 Å². The SMILES string of the molecule is CN1CCN(C)C(C(O)C2CCOC3(CCOCC3)C2)C1. The molecule has 3 aliphatic rings. The Morgan fingerprint density at radius 2 is 1.90 bits per heavy atom. The Bertz CT molecular complexity index is 341. The van der Waals surface area contributed by atoms with Gasteiger partial charge in [0.25, 0.3) is 0 Å². The van der Waals surface area contributed by atoms with Crippen molar-refractivity contribution >= 4 is 0 Å². The van der Waals surface area contributed by atoms with Gasteiger partial charge in [-0.15, -0.1) is 0 Å². The first-order valence-electron chi connectivity index (χ1n) is 8.38. The molecule has 5 heteroatoms. The van der Waals surface area contributed by atoms with Gasteiger partial charge >= 0.3 is 0 Å².